The Bertz CT molecular complexity index is 462. The molecule has 0 bridgehead atoms. The third-order valence-electron chi connectivity index (χ3n) is 2.20. The lowest BCUT2D eigenvalue weighted by atomic mass is 10.1. The predicted octanol–water partition coefficient (Wildman–Crippen LogP) is 2.28. The van der Waals surface area contributed by atoms with Gasteiger partial charge in [-0.2, -0.15) is 0 Å². The number of aliphatic hydroxyl groups excluding tert-OH is 1. The molecule has 0 radical (unpaired) electrons. The van der Waals surface area contributed by atoms with E-state index in [4.69, 9.17) is 9.15 Å². The summed E-state index contributed by atoms with van der Waals surface area (Å²) in [5, 5.41) is 9.50. The Balaban J connectivity index is 2.58. The van der Waals surface area contributed by atoms with E-state index in [0.29, 0.717) is 23.5 Å². The number of ether oxygens (including phenoxy) is 1. The Labute approximate surface area is 87.5 Å². The largest absolute Gasteiger partial charge is 0.490 e. The van der Waals surface area contributed by atoms with E-state index in [-0.39, 0.29) is 0 Å². The van der Waals surface area contributed by atoms with Crippen molar-refractivity contribution < 1.29 is 14.3 Å². The summed E-state index contributed by atoms with van der Waals surface area (Å²) >= 11 is 0. The summed E-state index contributed by atoms with van der Waals surface area (Å²) in [7, 11) is 0. The van der Waals surface area contributed by atoms with Gasteiger partial charge >= 0.3 is 0 Å². The van der Waals surface area contributed by atoms with Crippen molar-refractivity contribution in [3.8, 4) is 5.75 Å². The Morgan fingerprint density at radius 2 is 2.33 bits per heavy atom. The molecule has 15 heavy (non-hydrogen) atoms. The fraction of sp³-hybridized carbons (Fsp3) is 0.364. The highest BCUT2D eigenvalue weighted by molar-refractivity contribution is 5.80. The van der Waals surface area contributed by atoms with Gasteiger partial charge in [0.1, 0.15) is 5.52 Å². The predicted molar refractivity (Wildman–Crippen MR) is 55.8 cm³/mol. The number of aromatic nitrogens is 1. The summed E-state index contributed by atoms with van der Waals surface area (Å²) in [5.41, 5.74) is 2.11. The van der Waals surface area contributed by atoms with Crippen molar-refractivity contribution in [3.63, 3.8) is 0 Å². The molecule has 1 heterocycles. The summed E-state index contributed by atoms with van der Waals surface area (Å²) in [6.45, 7) is 4.16. The van der Waals surface area contributed by atoms with Gasteiger partial charge in [-0.15, -0.1) is 0 Å². The van der Waals surface area contributed by atoms with Crippen molar-refractivity contribution in [1.29, 1.82) is 0 Å². The molecule has 0 aliphatic rings. The second kappa shape index (κ2) is 3.90. The molecular weight excluding hydrogens is 194 g/mol. The van der Waals surface area contributed by atoms with E-state index in [1.54, 1.807) is 19.1 Å². The van der Waals surface area contributed by atoms with Crippen LogP contribution in [-0.2, 0) is 0 Å². The number of rotatable bonds is 3. The van der Waals surface area contributed by atoms with Crippen LogP contribution in [0.5, 0.6) is 5.75 Å². The molecular formula is C11H13NO3. The van der Waals surface area contributed by atoms with E-state index in [2.05, 4.69) is 4.98 Å². The third kappa shape index (κ3) is 1.80. The van der Waals surface area contributed by atoms with E-state index < -0.39 is 6.10 Å². The fourth-order valence-corrected chi connectivity index (χ4v) is 1.46. The molecule has 0 saturated heterocycles. The topological polar surface area (TPSA) is 55.5 Å². The van der Waals surface area contributed by atoms with Crippen molar-refractivity contribution in [2.24, 2.45) is 0 Å². The van der Waals surface area contributed by atoms with Crippen LogP contribution in [0.1, 0.15) is 25.5 Å². The Morgan fingerprint density at radius 1 is 1.53 bits per heavy atom. The summed E-state index contributed by atoms with van der Waals surface area (Å²) in [6.07, 6.45) is 0.837. The van der Waals surface area contributed by atoms with Gasteiger partial charge in [-0.25, -0.2) is 4.98 Å². The lowest BCUT2D eigenvalue weighted by Crippen LogP contribution is -1.96. The smallest absolute Gasteiger partial charge is 0.196 e. The minimum Gasteiger partial charge on any atom is -0.490 e. The summed E-state index contributed by atoms with van der Waals surface area (Å²) < 4.78 is 10.6. The first-order chi connectivity index (χ1) is 7.22. The molecule has 4 heteroatoms. The number of oxazole rings is 1. The van der Waals surface area contributed by atoms with Crippen molar-refractivity contribution in [3.05, 3.63) is 24.1 Å². The van der Waals surface area contributed by atoms with Crippen LogP contribution in [0, 0.1) is 0 Å². The molecule has 0 aliphatic heterocycles. The van der Waals surface area contributed by atoms with Crippen molar-refractivity contribution in [2.75, 3.05) is 6.61 Å². The minimum absolute atomic E-state index is 0.537. The van der Waals surface area contributed by atoms with Crippen LogP contribution in [0.2, 0.25) is 0 Å². The first-order valence-electron chi connectivity index (χ1n) is 4.90. The molecule has 1 unspecified atom stereocenters. The van der Waals surface area contributed by atoms with Gasteiger partial charge in [0.25, 0.3) is 0 Å². The van der Waals surface area contributed by atoms with Crippen LogP contribution in [0.25, 0.3) is 11.1 Å². The van der Waals surface area contributed by atoms with Gasteiger partial charge in [0, 0.05) is 0 Å². The van der Waals surface area contributed by atoms with Crippen molar-refractivity contribution in [2.45, 2.75) is 20.0 Å². The van der Waals surface area contributed by atoms with Gasteiger partial charge in [-0.05, 0) is 31.5 Å². The van der Waals surface area contributed by atoms with Gasteiger partial charge in [-0.1, -0.05) is 0 Å². The number of nitrogens with zero attached hydrogens (tertiary/aromatic N) is 1. The van der Waals surface area contributed by atoms with E-state index in [0.717, 1.165) is 5.56 Å². The lowest BCUT2D eigenvalue weighted by molar-refractivity contribution is 0.199. The fourth-order valence-electron chi connectivity index (χ4n) is 1.46. The van der Waals surface area contributed by atoms with E-state index >= 15 is 0 Å². The molecule has 1 aromatic heterocycles. The maximum absolute atomic E-state index is 9.50. The molecule has 0 saturated carbocycles. The van der Waals surface area contributed by atoms with Crippen molar-refractivity contribution in [1.82, 2.24) is 4.98 Å². The second-order valence-electron chi connectivity index (χ2n) is 3.33. The number of benzene rings is 1. The van der Waals surface area contributed by atoms with Gasteiger partial charge in [0.2, 0.25) is 0 Å². The molecule has 0 fully saturated rings. The van der Waals surface area contributed by atoms with E-state index in [9.17, 15) is 5.11 Å². The molecule has 0 spiro atoms. The van der Waals surface area contributed by atoms with Gasteiger partial charge in [0.05, 0.1) is 12.7 Å². The van der Waals surface area contributed by atoms with E-state index in [1.165, 1.54) is 6.39 Å². The van der Waals surface area contributed by atoms with Gasteiger partial charge < -0.3 is 14.3 Å². The number of hydrogen-bond donors (Lipinski definition) is 1. The summed E-state index contributed by atoms with van der Waals surface area (Å²) in [6, 6.07) is 3.58. The van der Waals surface area contributed by atoms with Crippen LogP contribution in [0.4, 0.5) is 0 Å². The Kier molecular flexibility index (Phi) is 2.60. The maximum atomic E-state index is 9.50. The summed E-state index contributed by atoms with van der Waals surface area (Å²) in [5.74, 6) is 0.628. The molecule has 0 amide bonds. The molecule has 2 aromatic rings. The molecule has 80 valence electrons. The number of aliphatic hydroxyl groups is 1. The zero-order valence-electron chi connectivity index (χ0n) is 8.73. The average Bonchev–Trinajstić information content (AvgIpc) is 2.65. The summed E-state index contributed by atoms with van der Waals surface area (Å²) in [4.78, 5) is 4.05. The normalized spacial score (nSPS) is 13.0. The van der Waals surface area contributed by atoms with E-state index in [1.807, 2.05) is 6.92 Å². The monoisotopic (exact) mass is 207 g/mol. The molecule has 1 aromatic carbocycles. The first kappa shape index (κ1) is 9.98. The molecule has 4 nitrogen and oxygen atoms in total. The number of hydrogen-bond acceptors (Lipinski definition) is 4. The number of fused-ring (bicyclic) bond motifs is 1. The van der Waals surface area contributed by atoms with Crippen LogP contribution < -0.4 is 4.74 Å². The SMILES string of the molecule is CCOc1cc(C(C)O)cc2ncoc12. The maximum Gasteiger partial charge on any atom is 0.196 e. The van der Waals surface area contributed by atoms with Gasteiger partial charge in [-0.3, -0.25) is 0 Å². The molecule has 1 atom stereocenters. The first-order valence-corrected chi connectivity index (χ1v) is 4.90. The zero-order chi connectivity index (χ0) is 10.8. The standard InChI is InChI=1S/C11H13NO3/c1-3-14-10-5-8(7(2)13)4-9-11(10)15-6-12-9/h4-7,13H,3H2,1-2H3. The zero-order valence-corrected chi connectivity index (χ0v) is 8.73. The Morgan fingerprint density at radius 3 is 3.00 bits per heavy atom. The third-order valence-corrected chi connectivity index (χ3v) is 2.20. The molecule has 0 aliphatic carbocycles. The highest BCUT2D eigenvalue weighted by Crippen LogP contribution is 2.29. The minimum atomic E-state index is -0.537. The van der Waals surface area contributed by atoms with Crippen molar-refractivity contribution >= 4 is 11.1 Å². The van der Waals surface area contributed by atoms with Gasteiger partial charge in [0.15, 0.2) is 17.7 Å². The average molecular weight is 207 g/mol. The van der Waals surface area contributed by atoms with Crippen LogP contribution in [-0.4, -0.2) is 16.7 Å². The molecule has 1 N–H and O–H groups in total. The quantitative estimate of drug-likeness (QED) is 0.838. The van der Waals surface area contributed by atoms with Crippen LogP contribution in [0.3, 0.4) is 0 Å². The lowest BCUT2D eigenvalue weighted by Gasteiger charge is -2.08. The second-order valence-corrected chi connectivity index (χ2v) is 3.33. The van der Waals surface area contributed by atoms with Crippen LogP contribution in [0.15, 0.2) is 22.9 Å². The van der Waals surface area contributed by atoms with Crippen LogP contribution >= 0.6 is 0 Å². The Hall–Kier alpha value is -1.55. The molecule has 2 rings (SSSR count). The highest BCUT2D eigenvalue weighted by Gasteiger charge is 2.11. The highest BCUT2D eigenvalue weighted by atomic mass is 16.5.